The largest absolute Gasteiger partial charge is 0.337 e. The van der Waals surface area contributed by atoms with Crippen LogP contribution in [0.5, 0.6) is 0 Å². The number of aromatic nitrogens is 2. The van der Waals surface area contributed by atoms with Crippen molar-refractivity contribution < 1.29 is 13.2 Å². The van der Waals surface area contributed by atoms with Crippen LogP contribution in [0.3, 0.4) is 0 Å². The first-order valence-electron chi connectivity index (χ1n) is 8.37. The SMILES string of the molecule is CCCS(=O)(=O)NC1CCN(C(=O)c2cc(-c3cccs3)[nH]n2)CC1. The molecular formula is C16H22N4O3S2. The number of aromatic amines is 1. The number of hydrogen-bond donors (Lipinski definition) is 2. The van der Waals surface area contributed by atoms with Crippen molar-refractivity contribution in [2.24, 2.45) is 0 Å². The third kappa shape index (κ3) is 4.47. The van der Waals surface area contributed by atoms with Gasteiger partial charge in [0.15, 0.2) is 5.69 Å². The van der Waals surface area contributed by atoms with Gasteiger partial charge in [-0.05, 0) is 36.8 Å². The molecule has 1 amide bonds. The maximum Gasteiger partial charge on any atom is 0.274 e. The van der Waals surface area contributed by atoms with Gasteiger partial charge in [-0.15, -0.1) is 11.3 Å². The molecule has 1 saturated heterocycles. The number of hydrogen-bond acceptors (Lipinski definition) is 5. The molecule has 9 heteroatoms. The number of nitrogens with zero attached hydrogens (tertiary/aromatic N) is 2. The average Bonchev–Trinajstić information content (AvgIpc) is 3.26. The van der Waals surface area contributed by atoms with Crippen molar-refractivity contribution >= 4 is 27.3 Å². The summed E-state index contributed by atoms with van der Waals surface area (Å²) in [4.78, 5) is 15.4. The molecule has 1 aliphatic heterocycles. The van der Waals surface area contributed by atoms with Crippen LogP contribution in [0.15, 0.2) is 23.6 Å². The van der Waals surface area contributed by atoms with Gasteiger partial charge in [0.2, 0.25) is 10.0 Å². The first-order valence-corrected chi connectivity index (χ1v) is 10.9. The van der Waals surface area contributed by atoms with Crippen LogP contribution < -0.4 is 4.72 Å². The second kappa shape index (κ2) is 7.67. The number of amides is 1. The van der Waals surface area contributed by atoms with Crippen LogP contribution in [0.2, 0.25) is 0 Å². The first-order chi connectivity index (χ1) is 12.0. The summed E-state index contributed by atoms with van der Waals surface area (Å²) in [7, 11) is -3.21. The highest BCUT2D eigenvalue weighted by Crippen LogP contribution is 2.23. The van der Waals surface area contributed by atoms with E-state index < -0.39 is 10.0 Å². The molecule has 0 aromatic carbocycles. The number of carbonyl (C=O) groups is 1. The minimum atomic E-state index is -3.21. The van der Waals surface area contributed by atoms with Crippen LogP contribution >= 0.6 is 11.3 Å². The standard InChI is InChI=1S/C16H22N4O3S2/c1-2-10-25(22,23)19-12-5-7-20(8-6-12)16(21)14-11-13(17-18-14)15-4-3-9-24-15/h3-4,9,11-12,19H,2,5-8,10H2,1H3,(H,17,18). The normalized spacial score (nSPS) is 16.3. The maximum atomic E-state index is 12.6. The van der Waals surface area contributed by atoms with E-state index in [1.54, 1.807) is 22.3 Å². The monoisotopic (exact) mass is 382 g/mol. The molecule has 0 unspecified atom stereocenters. The zero-order chi connectivity index (χ0) is 17.9. The van der Waals surface area contributed by atoms with Crippen molar-refractivity contribution in [1.29, 1.82) is 0 Å². The lowest BCUT2D eigenvalue weighted by atomic mass is 10.1. The third-order valence-electron chi connectivity index (χ3n) is 4.18. The first kappa shape index (κ1) is 18.1. The Morgan fingerprint density at radius 3 is 2.84 bits per heavy atom. The fourth-order valence-corrected chi connectivity index (χ4v) is 5.02. The number of H-pyrrole nitrogens is 1. The summed E-state index contributed by atoms with van der Waals surface area (Å²) in [6, 6.07) is 5.60. The van der Waals surface area contributed by atoms with Gasteiger partial charge in [0.1, 0.15) is 0 Å². The molecule has 2 aromatic rings. The van der Waals surface area contributed by atoms with Gasteiger partial charge >= 0.3 is 0 Å². The highest BCUT2D eigenvalue weighted by Gasteiger charge is 2.27. The third-order valence-corrected chi connectivity index (χ3v) is 6.73. The zero-order valence-electron chi connectivity index (χ0n) is 14.1. The predicted octanol–water partition coefficient (Wildman–Crippen LogP) is 2.07. The van der Waals surface area contributed by atoms with E-state index in [4.69, 9.17) is 0 Å². The summed E-state index contributed by atoms with van der Waals surface area (Å²) in [5, 5.41) is 9.01. The van der Waals surface area contributed by atoms with Crippen LogP contribution in [0.1, 0.15) is 36.7 Å². The van der Waals surface area contributed by atoms with Gasteiger partial charge in [-0.25, -0.2) is 13.1 Å². The van der Waals surface area contributed by atoms with Crippen LogP contribution in [0, 0.1) is 0 Å². The zero-order valence-corrected chi connectivity index (χ0v) is 15.7. The molecule has 0 aliphatic carbocycles. The van der Waals surface area contributed by atoms with Crippen molar-refractivity contribution in [1.82, 2.24) is 19.8 Å². The lowest BCUT2D eigenvalue weighted by Gasteiger charge is -2.31. The van der Waals surface area contributed by atoms with Crippen LogP contribution in [0.25, 0.3) is 10.6 Å². The Balaban J connectivity index is 1.57. The molecule has 2 aromatic heterocycles. The summed E-state index contributed by atoms with van der Waals surface area (Å²) in [6.07, 6.45) is 1.84. The van der Waals surface area contributed by atoms with Gasteiger partial charge < -0.3 is 4.90 Å². The topological polar surface area (TPSA) is 95.2 Å². The molecule has 1 fully saturated rings. The number of likely N-dealkylation sites (tertiary alicyclic amines) is 1. The van der Waals surface area contributed by atoms with Gasteiger partial charge in [-0.2, -0.15) is 5.10 Å². The molecule has 3 rings (SSSR count). The van der Waals surface area contributed by atoms with E-state index in [-0.39, 0.29) is 17.7 Å². The molecule has 1 aliphatic rings. The molecule has 0 atom stereocenters. The molecule has 0 radical (unpaired) electrons. The molecule has 7 nitrogen and oxygen atoms in total. The summed E-state index contributed by atoms with van der Waals surface area (Å²) in [6.45, 7) is 2.90. The van der Waals surface area contributed by atoms with Gasteiger partial charge in [0, 0.05) is 19.1 Å². The van der Waals surface area contributed by atoms with E-state index in [0.717, 1.165) is 10.6 Å². The van der Waals surface area contributed by atoms with Crippen molar-refractivity contribution in [3.05, 3.63) is 29.3 Å². The molecule has 25 heavy (non-hydrogen) atoms. The average molecular weight is 383 g/mol. The van der Waals surface area contributed by atoms with Crippen LogP contribution in [0.4, 0.5) is 0 Å². The van der Waals surface area contributed by atoms with E-state index in [1.165, 1.54) is 0 Å². The molecule has 3 heterocycles. The lowest BCUT2D eigenvalue weighted by molar-refractivity contribution is 0.0705. The second-order valence-corrected chi connectivity index (χ2v) is 8.97. The van der Waals surface area contributed by atoms with Crippen molar-refractivity contribution in [2.75, 3.05) is 18.8 Å². The number of piperidine rings is 1. The molecule has 2 N–H and O–H groups in total. The smallest absolute Gasteiger partial charge is 0.274 e. The Morgan fingerprint density at radius 1 is 1.44 bits per heavy atom. The Kier molecular flexibility index (Phi) is 5.55. The molecular weight excluding hydrogens is 360 g/mol. The fraction of sp³-hybridized carbons (Fsp3) is 0.500. The Hall–Kier alpha value is -1.71. The summed E-state index contributed by atoms with van der Waals surface area (Å²) >= 11 is 1.58. The molecule has 136 valence electrons. The second-order valence-electron chi connectivity index (χ2n) is 6.15. The van der Waals surface area contributed by atoms with E-state index in [1.807, 2.05) is 24.4 Å². The highest BCUT2D eigenvalue weighted by molar-refractivity contribution is 7.89. The van der Waals surface area contributed by atoms with Crippen LogP contribution in [-0.4, -0.2) is 54.3 Å². The Labute approximate surface area is 151 Å². The summed E-state index contributed by atoms with van der Waals surface area (Å²) < 4.78 is 26.4. The maximum absolute atomic E-state index is 12.6. The Morgan fingerprint density at radius 2 is 2.20 bits per heavy atom. The number of thiophene rings is 1. The number of carbonyl (C=O) groups excluding carboxylic acids is 1. The van der Waals surface area contributed by atoms with Crippen molar-refractivity contribution in [2.45, 2.75) is 32.2 Å². The number of rotatable bonds is 6. The predicted molar refractivity (Wildman–Crippen MR) is 98.0 cm³/mol. The van der Waals surface area contributed by atoms with E-state index in [0.29, 0.717) is 38.0 Å². The minimum absolute atomic E-state index is 0.0959. The molecule has 0 bridgehead atoms. The molecule has 0 saturated carbocycles. The highest BCUT2D eigenvalue weighted by atomic mass is 32.2. The lowest BCUT2D eigenvalue weighted by Crippen LogP contribution is -2.47. The number of sulfonamides is 1. The van der Waals surface area contributed by atoms with E-state index >= 15 is 0 Å². The summed E-state index contributed by atoms with van der Waals surface area (Å²) in [5.41, 5.74) is 1.23. The molecule has 0 spiro atoms. The van der Waals surface area contributed by atoms with Crippen molar-refractivity contribution in [3.63, 3.8) is 0 Å². The minimum Gasteiger partial charge on any atom is -0.337 e. The van der Waals surface area contributed by atoms with E-state index in [2.05, 4.69) is 14.9 Å². The quantitative estimate of drug-likeness (QED) is 0.799. The fourth-order valence-electron chi connectivity index (χ4n) is 2.93. The van der Waals surface area contributed by atoms with Crippen LogP contribution in [-0.2, 0) is 10.0 Å². The number of nitrogens with one attached hydrogen (secondary N) is 2. The van der Waals surface area contributed by atoms with Gasteiger partial charge in [-0.3, -0.25) is 9.89 Å². The Bertz CT molecular complexity index is 806. The van der Waals surface area contributed by atoms with E-state index in [9.17, 15) is 13.2 Å². The van der Waals surface area contributed by atoms with Crippen molar-refractivity contribution in [3.8, 4) is 10.6 Å². The van der Waals surface area contributed by atoms with Gasteiger partial charge in [-0.1, -0.05) is 13.0 Å². The summed E-state index contributed by atoms with van der Waals surface area (Å²) in [5.74, 6) is 0.0270. The van der Waals surface area contributed by atoms with Gasteiger partial charge in [0.25, 0.3) is 5.91 Å². The van der Waals surface area contributed by atoms with Gasteiger partial charge in [0.05, 0.1) is 16.3 Å².